The average molecular weight is 316 g/mol. The predicted octanol–water partition coefficient (Wildman–Crippen LogP) is 2.48. The minimum Gasteiger partial charge on any atom is -0.392 e. The van der Waals surface area contributed by atoms with E-state index in [1.807, 2.05) is 6.92 Å². The van der Waals surface area contributed by atoms with E-state index in [9.17, 15) is 4.79 Å². The fraction of sp³-hybridized carbons (Fsp3) is 0.364. The molecule has 0 saturated carbocycles. The summed E-state index contributed by atoms with van der Waals surface area (Å²) in [7, 11) is 0. The van der Waals surface area contributed by atoms with E-state index in [1.165, 1.54) is 0 Å². The van der Waals surface area contributed by atoms with Crippen LogP contribution in [-0.2, 0) is 4.79 Å². The van der Waals surface area contributed by atoms with E-state index in [1.54, 1.807) is 25.3 Å². The summed E-state index contributed by atoms with van der Waals surface area (Å²) in [6, 6.07) is 3.57. The van der Waals surface area contributed by atoms with Gasteiger partial charge in [-0.3, -0.25) is 4.79 Å². The Hall–Kier alpha value is -1.01. The predicted molar refractivity (Wildman–Crippen MR) is 75.8 cm³/mol. The van der Waals surface area contributed by atoms with Crippen molar-refractivity contribution < 1.29 is 4.79 Å². The Labute approximate surface area is 114 Å². The van der Waals surface area contributed by atoms with Gasteiger partial charge in [0.05, 0.1) is 14.9 Å². The van der Waals surface area contributed by atoms with Crippen molar-refractivity contribution in [3.8, 4) is 0 Å². The van der Waals surface area contributed by atoms with Crippen LogP contribution in [0, 0.1) is 5.41 Å². The Morgan fingerprint density at radius 1 is 1.71 bits per heavy atom. The van der Waals surface area contributed by atoms with Gasteiger partial charge in [-0.25, -0.2) is 4.98 Å². The number of amides is 1. The third-order valence-corrected chi connectivity index (χ3v) is 3.83. The number of pyridine rings is 1. The highest BCUT2D eigenvalue weighted by Crippen LogP contribution is 2.26. The fourth-order valence-electron chi connectivity index (χ4n) is 1.17. The lowest BCUT2D eigenvalue weighted by Gasteiger charge is -2.25. The summed E-state index contributed by atoms with van der Waals surface area (Å²) in [6.07, 6.45) is 2.14. The molecule has 1 aromatic heterocycles. The van der Waals surface area contributed by atoms with E-state index in [2.05, 4.69) is 26.2 Å². The maximum Gasteiger partial charge on any atom is 0.238 e. The van der Waals surface area contributed by atoms with E-state index in [0.717, 1.165) is 4.47 Å². The molecule has 3 N–H and O–H groups in total. The molecule has 0 aliphatic heterocycles. The number of anilines is 1. The van der Waals surface area contributed by atoms with Crippen molar-refractivity contribution in [3.63, 3.8) is 0 Å². The Bertz CT molecular complexity index is 452. The smallest absolute Gasteiger partial charge is 0.238 e. The molecule has 1 heterocycles. The second-order valence-electron chi connectivity index (χ2n) is 3.84. The van der Waals surface area contributed by atoms with Crippen molar-refractivity contribution in [2.24, 2.45) is 11.1 Å². The number of aromatic nitrogens is 1. The molecule has 1 atom stereocenters. The van der Waals surface area contributed by atoms with Crippen molar-refractivity contribution in [3.05, 3.63) is 22.8 Å². The number of nitrogens with zero attached hydrogens (tertiary/aromatic N) is 1. The summed E-state index contributed by atoms with van der Waals surface area (Å²) < 4.78 is 0.717. The molecule has 0 saturated heterocycles. The molecular weight excluding hydrogens is 302 g/mol. The first-order valence-corrected chi connectivity index (χ1v) is 6.33. The van der Waals surface area contributed by atoms with Crippen molar-refractivity contribution in [2.45, 2.75) is 20.3 Å². The lowest BCUT2D eigenvalue weighted by molar-refractivity contribution is -0.121. The molecular formula is C11H14BrN3OS. The van der Waals surface area contributed by atoms with E-state index in [0.29, 0.717) is 12.2 Å². The minimum absolute atomic E-state index is 0.185. The number of thiocarbonyl (C=S) groups is 1. The van der Waals surface area contributed by atoms with Crippen LogP contribution < -0.4 is 11.1 Å². The Morgan fingerprint density at radius 2 is 2.35 bits per heavy atom. The van der Waals surface area contributed by atoms with Gasteiger partial charge < -0.3 is 11.1 Å². The molecule has 1 amide bonds. The molecule has 92 valence electrons. The maximum absolute atomic E-state index is 12.1. The second kappa shape index (κ2) is 5.55. The van der Waals surface area contributed by atoms with E-state index in [-0.39, 0.29) is 10.9 Å². The van der Waals surface area contributed by atoms with Crippen molar-refractivity contribution in [1.82, 2.24) is 4.98 Å². The van der Waals surface area contributed by atoms with Gasteiger partial charge in [-0.1, -0.05) is 19.1 Å². The maximum atomic E-state index is 12.1. The molecule has 17 heavy (non-hydrogen) atoms. The van der Waals surface area contributed by atoms with Gasteiger partial charge in [0.15, 0.2) is 0 Å². The number of halogens is 1. The molecule has 4 nitrogen and oxygen atoms in total. The second-order valence-corrected chi connectivity index (χ2v) is 5.13. The van der Waals surface area contributed by atoms with Crippen LogP contribution in [0.5, 0.6) is 0 Å². The molecule has 0 spiro atoms. The quantitative estimate of drug-likeness (QED) is 0.838. The largest absolute Gasteiger partial charge is 0.392 e. The first kappa shape index (κ1) is 14.1. The molecule has 0 radical (unpaired) electrons. The van der Waals surface area contributed by atoms with Crippen molar-refractivity contribution in [1.29, 1.82) is 0 Å². The summed E-state index contributed by atoms with van der Waals surface area (Å²) >= 11 is 8.25. The highest BCUT2D eigenvalue weighted by molar-refractivity contribution is 9.10. The van der Waals surface area contributed by atoms with E-state index >= 15 is 0 Å². The molecule has 0 fully saturated rings. The average Bonchev–Trinajstić information content (AvgIpc) is 2.30. The first-order valence-electron chi connectivity index (χ1n) is 5.13. The molecule has 0 aromatic carbocycles. The number of carbonyl (C=O) groups is 1. The monoisotopic (exact) mass is 315 g/mol. The van der Waals surface area contributed by atoms with Gasteiger partial charge in [0.2, 0.25) is 5.91 Å². The van der Waals surface area contributed by atoms with Crippen LogP contribution in [0.25, 0.3) is 0 Å². The minimum atomic E-state index is -0.855. The third kappa shape index (κ3) is 3.01. The lowest BCUT2D eigenvalue weighted by atomic mass is 9.86. The fourth-order valence-corrected chi connectivity index (χ4v) is 1.76. The number of carbonyl (C=O) groups excluding carboxylic acids is 1. The van der Waals surface area contributed by atoms with Crippen LogP contribution >= 0.6 is 28.1 Å². The summed E-state index contributed by atoms with van der Waals surface area (Å²) in [5, 5.41) is 2.72. The number of hydrogen-bond donors (Lipinski definition) is 2. The van der Waals surface area contributed by atoms with Crippen LogP contribution in [0.1, 0.15) is 20.3 Å². The third-order valence-electron chi connectivity index (χ3n) is 2.74. The van der Waals surface area contributed by atoms with Gasteiger partial charge in [-0.05, 0) is 41.4 Å². The van der Waals surface area contributed by atoms with Crippen LogP contribution in [0.2, 0.25) is 0 Å². The van der Waals surface area contributed by atoms with Crippen LogP contribution in [0.15, 0.2) is 22.8 Å². The molecule has 1 rings (SSSR count). The number of nitrogens with one attached hydrogen (secondary N) is 1. The highest BCUT2D eigenvalue weighted by Gasteiger charge is 2.35. The van der Waals surface area contributed by atoms with Gasteiger partial charge in [-0.15, -0.1) is 0 Å². The Balaban J connectivity index is 2.93. The van der Waals surface area contributed by atoms with E-state index < -0.39 is 5.41 Å². The summed E-state index contributed by atoms with van der Waals surface area (Å²) in [5.41, 5.74) is 4.76. The van der Waals surface area contributed by atoms with Crippen LogP contribution in [-0.4, -0.2) is 15.9 Å². The Kier molecular flexibility index (Phi) is 4.59. The SMILES string of the molecule is CCC(C)(C(=O)Nc1ncccc1Br)C(N)=S. The van der Waals surface area contributed by atoms with Crippen molar-refractivity contribution in [2.75, 3.05) is 5.32 Å². The van der Waals surface area contributed by atoms with Crippen molar-refractivity contribution >= 4 is 44.9 Å². The zero-order valence-electron chi connectivity index (χ0n) is 9.66. The summed E-state index contributed by atoms with van der Waals surface area (Å²) in [6.45, 7) is 3.59. The van der Waals surface area contributed by atoms with Gasteiger partial charge in [0.25, 0.3) is 0 Å². The zero-order chi connectivity index (χ0) is 13.1. The van der Waals surface area contributed by atoms with Crippen LogP contribution in [0.3, 0.4) is 0 Å². The van der Waals surface area contributed by atoms with Gasteiger partial charge >= 0.3 is 0 Å². The Morgan fingerprint density at radius 3 is 2.82 bits per heavy atom. The molecule has 0 aliphatic rings. The zero-order valence-corrected chi connectivity index (χ0v) is 12.1. The van der Waals surface area contributed by atoms with Gasteiger partial charge in [0.1, 0.15) is 5.82 Å². The van der Waals surface area contributed by atoms with Gasteiger partial charge in [-0.2, -0.15) is 0 Å². The molecule has 0 aliphatic carbocycles. The normalized spacial score (nSPS) is 13.8. The topological polar surface area (TPSA) is 68.0 Å². The molecule has 0 bridgehead atoms. The number of nitrogens with two attached hydrogens (primary N) is 1. The first-order chi connectivity index (χ1) is 7.91. The van der Waals surface area contributed by atoms with Gasteiger partial charge in [0, 0.05) is 6.20 Å². The number of rotatable bonds is 4. The molecule has 6 heteroatoms. The van der Waals surface area contributed by atoms with E-state index in [4.69, 9.17) is 18.0 Å². The number of hydrogen-bond acceptors (Lipinski definition) is 3. The van der Waals surface area contributed by atoms with Crippen LogP contribution in [0.4, 0.5) is 5.82 Å². The summed E-state index contributed by atoms with van der Waals surface area (Å²) in [4.78, 5) is 16.4. The highest BCUT2D eigenvalue weighted by atomic mass is 79.9. The molecule has 1 aromatic rings. The standard InChI is InChI=1S/C11H14BrN3OS/c1-3-11(2,9(13)17)10(16)15-8-7(12)5-4-6-14-8/h4-6H,3H2,1-2H3,(H2,13,17)(H,14,15,16). The molecule has 1 unspecified atom stereocenters. The summed E-state index contributed by atoms with van der Waals surface area (Å²) in [5.74, 6) is 0.223. The lowest BCUT2D eigenvalue weighted by Crippen LogP contribution is -2.43.